The van der Waals surface area contributed by atoms with E-state index >= 15 is 0 Å². The Labute approximate surface area is 99.4 Å². The fourth-order valence-corrected chi connectivity index (χ4v) is 3.97. The van der Waals surface area contributed by atoms with Gasteiger partial charge in [-0.25, -0.2) is 0 Å². The number of hydrogen-bond acceptors (Lipinski definition) is 3. The van der Waals surface area contributed by atoms with E-state index in [1.807, 2.05) is 23.2 Å². The SMILES string of the molecule is O=C(c1csc(I)c1)C1CCSC1. The first-order chi connectivity index (χ1) is 6.27. The molecule has 1 aliphatic rings. The second kappa shape index (κ2) is 4.31. The molecule has 1 aromatic rings. The third kappa shape index (κ3) is 2.27. The van der Waals surface area contributed by atoms with Gasteiger partial charge in [0.25, 0.3) is 0 Å². The van der Waals surface area contributed by atoms with E-state index in [-0.39, 0.29) is 5.92 Å². The van der Waals surface area contributed by atoms with Crippen LogP contribution in [0.5, 0.6) is 0 Å². The van der Waals surface area contributed by atoms with Crippen molar-refractivity contribution in [3.63, 3.8) is 0 Å². The van der Waals surface area contributed by atoms with Crippen molar-refractivity contribution in [1.29, 1.82) is 0 Å². The lowest BCUT2D eigenvalue weighted by atomic mass is 9.99. The first-order valence-electron chi connectivity index (χ1n) is 4.13. The zero-order valence-electron chi connectivity index (χ0n) is 6.96. The molecule has 0 aromatic carbocycles. The Bertz CT molecular complexity index is 315. The molecule has 2 heterocycles. The van der Waals surface area contributed by atoms with Crippen molar-refractivity contribution in [2.75, 3.05) is 11.5 Å². The Morgan fingerprint density at radius 2 is 2.46 bits per heavy atom. The normalized spacial score (nSPS) is 22.1. The maximum absolute atomic E-state index is 11.9. The van der Waals surface area contributed by atoms with Crippen LogP contribution in [0.4, 0.5) is 0 Å². The van der Waals surface area contributed by atoms with Crippen molar-refractivity contribution in [1.82, 2.24) is 0 Å². The molecule has 1 unspecified atom stereocenters. The fourth-order valence-electron chi connectivity index (χ4n) is 1.42. The van der Waals surface area contributed by atoms with Crippen molar-refractivity contribution >= 4 is 51.5 Å². The van der Waals surface area contributed by atoms with Crippen molar-refractivity contribution < 1.29 is 4.79 Å². The van der Waals surface area contributed by atoms with Gasteiger partial charge in [0.05, 0.1) is 2.88 Å². The lowest BCUT2D eigenvalue weighted by molar-refractivity contribution is 0.0934. The predicted molar refractivity (Wildman–Crippen MR) is 66.8 cm³/mol. The number of rotatable bonds is 2. The molecule has 1 atom stereocenters. The predicted octanol–water partition coefficient (Wildman–Crippen LogP) is 3.29. The summed E-state index contributed by atoms with van der Waals surface area (Å²) in [6, 6.07) is 2.00. The van der Waals surface area contributed by atoms with Crippen molar-refractivity contribution in [3.8, 4) is 0 Å². The zero-order valence-corrected chi connectivity index (χ0v) is 10.7. The van der Waals surface area contributed by atoms with Gasteiger partial charge in [0.15, 0.2) is 5.78 Å². The highest BCUT2D eigenvalue weighted by molar-refractivity contribution is 14.1. The third-order valence-electron chi connectivity index (χ3n) is 2.15. The molecule has 1 saturated heterocycles. The van der Waals surface area contributed by atoms with Crippen molar-refractivity contribution in [2.24, 2.45) is 5.92 Å². The van der Waals surface area contributed by atoms with E-state index in [0.29, 0.717) is 5.78 Å². The first kappa shape index (κ1) is 9.98. The number of thiophene rings is 1. The molecule has 0 aliphatic carbocycles. The number of halogens is 1. The second-order valence-electron chi connectivity index (χ2n) is 3.06. The van der Waals surface area contributed by atoms with Gasteiger partial charge in [-0.3, -0.25) is 4.79 Å². The Morgan fingerprint density at radius 1 is 1.62 bits per heavy atom. The lowest BCUT2D eigenvalue weighted by Gasteiger charge is -2.03. The minimum absolute atomic E-state index is 0.287. The number of carbonyl (C=O) groups excluding carboxylic acids is 1. The summed E-state index contributed by atoms with van der Waals surface area (Å²) in [6.07, 6.45) is 1.07. The molecule has 1 nitrogen and oxygen atoms in total. The quantitative estimate of drug-likeness (QED) is 0.613. The molecule has 1 aliphatic heterocycles. The molecule has 0 saturated carbocycles. The zero-order chi connectivity index (χ0) is 9.26. The van der Waals surface area contributed by atoms with Crippen LogP contribution in [0.2, 0.25) is 0 Å². The molecule has 0 bridgehead atoms. The Balaban J connectivity index is 2.12. The average molecular weight is 324 g/mol. The summed E-state index contributed by atoms with van der Waals surface area (Å²) in [7, 11) is 0. The Morgan fingerprint density at radius 3 is 3.00 bits per heavy atom. The van der Waals surface area contributed by atoms with Gasteiger partial charge in [-0.15, -0.1) is 11.3 Å². The summed E-state index contributed by atoms with van der Waals surface area (Å²) in [5.74, 6) is 2.81. The van der Waals surface area contributed by atoms with E-state index in [4.69, 9.17) is 0 Å². The van der Waals surface area contributed by atoms with E-state index in [1.165, 1.54) is 2.88 Å². The molecule has 1 aromatic heterocycles. The smallest absolute Gasteiger partial charge is 0.167 e. The number of hydrogen-bond donors (Lipinski definition) is 0. The molecule has 0 spiro atoms. The second-order valence-corrected chi connectivity index (χ2v) is 7.02. The number of thioether (sulfide) groups is 1. The molecule has 0 radical (unpaired) electrons. The van der Waals surface area contributed by atoms with Gasteiger partial charge in [0.1, 0.15) is 0 Å². The van der Waals surface area contributed by atoms with Crippen LogP contribution in [0.3, 0.4) is 0 Å². The van der Waals surface area contributed by atoms with E-state index in [9.17, 15) is 4.79 Å². The van der Waals surface area contributed by atoms with E-state index in [0.717, 1.165) is 23.5 Å². The summed E-state index contributed by atoms with van der Waals surface area (Å²) in [5.41, 5.74) is 0.918. The first-order valence-corrected chi connectivity index (χ1v) is 7.24. The summed E-state index contributed by atoms with van der Waals surface area (Å²) >= 11 is 5.80. The minimum atomic E-state index is 0.287. The Kier molecular flexibility index (Phi) is 3.31. The number of ketones is 1. The van der Waals surface area contributed by atoms with Crippen LogP contribution in [-0.4, -0.2) is 17.3 Å². The summed E-state index contributed by atoms with van der Waals surface area (Å²) < 4.78 is 1.20. The van der Waals surface area contributed by atoms with Gasteiger partial charge in [-0.05, 0) is 40.8 Å². The molecule has 4 heteroatoms. The van der Waals surface area contributed by atoms with Gasteiger partial charge in [0, 0.05) is 22.6 Å². The minimum Gasteiger partial charge on any atom is -0.294 e. The highest BCUT2D eigenvalue weighted by Gasteiger charge is 2.24. The number of carbonyl (C=O) groups is 1. The molecular weight excluding hydrogens is 315 g/mol. The van der Waals surface area contributed by atoms with Crippen LogP contribution in [0.1, 0.15) is 16.8 Å². The van der Waals surface area contributed by atoms with Gasteiger partial charge >= 0.3 is 0 Å². The van der Waals surface area contributed by atoms with Crippen LogP contribution < -0.4 is 0 Å². The molecule has 0 amide bonds. The maximum atomic E-state index is 11.9. The van der Waals surface area contributed by atoms with Crippen molar-refractivity contribution in [3.05, 3.63) is 19.9 Å². The van der Waals surface area contributed by atoms with Crippen LogP contribution in [0.15, 0.2) is 11.4 Å². The van der Waals surface area contributed by atoms with Crippen molar-refractivity contribution in [2.45, 2.75) is 6.42 Å². The van der Waals surface area contributed by atoms with Gasteiger partial charge < -0.3 is 0 Å². The summed E-state index contributed by atoms with van der Waals surface area (Å²) in [4.78, 5) is 11.9. The third-order valence-corrected chi connectivity index (χ3v) is 5.10. The molecule has 70 valence electrons. The standard InChI is InChI=1S/C9H9IOS2/c10-8-3-7(5-13-8)9(11)6-1-2-12-4-6/h3,5-6H,1-2,4H2. The van der Waals surface area contributed by atoms with E-state index < -0.39 is 0 Å². The van der Waals surface area contributed by atoms with E-state index in [1.54, 1.807) is 11.3 Å². The summed E-state index contributed by atoms with van der Waals surface area (Å²) in [6.45, 7) is 0. The highest BCUT2D eigenvalue weighted by Crippen LogP contribution is 2.28. The Hall–Kier alpha value is 0.450. The highest BCUT2D eigenvalue weighted by atomic mass is 127. The van der Waals surface area contributed by atoms with E-state index in [2.05, 4.69) is 22.6 Å². The molecule has 0 N–H and O–H groups in total. The molecule has 2 rings (SSSR count). The molecular formula is C9H9IOS2. The van der Waals surface area contributed by atoms with Crippen LogP contribution in [0.25, 0.3) is 0 Å². The van der Waals surface area contributed by atoms with Gasteiger partial charge in [-0.1, -0.05) is 0 Å². The largest absolute Gasteiger partial charge is 0.294 e. The molecule has 1 fully saturated rings. The lowest BCUT2D eigenvalue weighted by Crippen LogP contribution is -2.12. The average Bonchev–Trinajstić information content (AvgIpc) is 2.72. The van der Waals surface area contributed by atoms with Crippen LogP contribution >= 0.6 is 45.7 Å². The van der Waals surface area contributed by atoms with Gasteiger partial charge in [-0.2, -0.15) is 11.8 Å². The van der Waals surface area contributed by atoms with Crippen LogP contribution in [0, 0.1) is 8.80 Å². The molecule has 13 heavy (non-hydrogen) atoms. The fraction of sp³-hybridized carbons (Fsp3) is 0.444. The summed E-state index contributed by atoms with van der Waals surface area (Å²) in [5, 5.41) is 1.98. The monoisotopic (exact) mass is 324 g/mol. The number of Topliss-reactive ketones (excluding diaryl/α,β-unsaturated/α-hetero) is 1. The van der Waals surface area contributed by atoms with Gasteiger partial charge in [0.2, 0.25) is 0 Å². The maximum Gasteiger partial charge on any atom is 0.167 e. The topological polar surface area (TPSA) is 17.1 Å². The van der Waals surface area contributed by atoms with Crippen LogP contribution in [-0.2, 0) is 0 Å².